The predicted octanol–water partition coefficient (Wildman–Crippen LogP) is 2.81. The average Bonchev–Trinajstić information content (AvgIpc) is 3.22. The molecule has 1 saturated carbocycles. The molecule has 1 N–H and O–H groups in total. The molecule has 0 unspecified atom stereocenters. The Morgan fingerprint density at radius 1 is 1.22 bits per heavy atom. The molecule has 1 fully saturated rings. The molecule has 118 valence electrons. The van der Waals surface area contributed by atoms with Crippen molar-refractivity contribution in [1.82, 2.24) is 24.7 Å². The summed E-state index contributed by atoms with van der Waals surface area (Å²) in [4.78, 5) is 25.5. The maximum absolute atomic E-state index is 12.6. The number of aromatic nitrogens is 5. The zero-order valence-corrected chi connectivity index (χ0v) is 13.1. The zero-order chi connectivity index (χ0) is 15.8. The number of nitrogens with one attached hydrogen (secondary N) is 1. The molecule has 4 rings (SSSR count). The molecule has 6 nitrogen and oxygen atoms in total. The van der Waals surface area contributed by atoms with E-state index in [2.05, 4.69) is 19.7 Å². The van der Waals surface area contributed by atoms with E-state index in [0.29, 0.717) is 17.4 Å². The van der Waals surface area contributed by atoms with Crippen LogP contribution < -0.4 is 5.56 Å². The third kappa shape index (κ3) is 2.34. The summed E-state index contributed by atoms with van der Waals surface area (Å²) in [6, 6.07) is 4.05. The number of hydrogen-bond acceptors (Lipinski definition) is 4. The van der Waals surface area contributed by atoms with Gasteiger partial charge in [-0.2, -0.15) is 4.98 Å². The minimum absolute atomic E-state index is 0.202. The van der Waals surface area contributed by atoms with Crippen LogP contribution in [0.15, 0.2) is 29.3 Å². The molecule has 2 aliphatic heterocycles. The second-order valence-electron chi connectivity index (χ2n) is 6.04. The number of fused-ring (bicyclic) bond motifs is 1. The van der Waals surface area contributed by atoms with E-state index >= 15 is 0 Å². The highest BCUT2D eigenvalue weighted by Crippen LogP contribution is 2.34. The molecule has 0 bridgehead atoms. The van der Waals surface area contributed by atoms with Crippen LogP contribution in [0, 0.1) is 0 Å². The fourth-order valence-electron chi connectivity index (χ4n) is 3.43. The van der Waals surface area contributed by atoms with E-state index in [1.807, 2.05) is 19.1 Å². The van der Waals surface area contributed by atoms with Crippen LogP contribution in [0.2, 0.25) is 0 Å². The van der Waals surface area contributed by atoms with Crippen LogP contribution in [0.5, 0.6) is 0 Å². The summed E-state index contributed by atoms with van der Waals surface area (Å²) in [5.41, 5.74) is 2.18. The van der Waals surface area contributed by atoms with E-state index < -0.39 is 0 Å². The Labute approximate surface area is 134 Å². The molecule has 0 spiro atoms. The second-order valence-corrected chi connectivity index (χ2v) is 6.04. The van der Waals surface area contributed by atoms with Crippen molar-refractivity contribution in [3.8, 4) is 22.8 Å². The van der Waals surface area contributed by atoms with Gasteiger partial charge in [0.1, 0.15) is 5.56 Å². The highest BCUT2D eigenvalue weighted by Gasteiger charge is 2.27. The third-order valence-electron chi connectivity index (χ3n) is 4.62. The molecule has 0 aromatic carbocycles. The maximum atomic E-state index is 12.6. The second kappa shape index (κ2) is 5.61. The molecular weight excluding hydrogens is 290 g/mol. The molecular formula is C17H19N5O. The monoisotopic (exact) mass is 309 g/mol. The maximum Gasteiger partial charge on any atom is 0.284 e. The predicted molar refractivity (Wildman–Crippen MR) is 87.4 cm³/mol. The highest BCUT2D eigenvalue weighted by molar-refractivity contribution is 5.64. The Hall–Kier alpha value is -2.50. The normalized spacial score (nSPS) is 15.5. The van der Waals surface area contributed by atoms with E-state index in [4.69, 9.17) is 4.98 Å². The van der Waals surface area contributed by atoms with E-state index in [0.717, 1.165) is 36.3 Å². The average molecular weight is 309 g/mol. The van der Waals surface area contributed by atoms with Gasteiger partial charge in [0, 0.05) is 23.7 Å². The number of hydrogen-bond donors (Lipinski definition) is 1. The topological polar surface area (TPSA) is 76.5 Å². The Kier molecular flexibility index (Phi) is 3.44. The van der Waals surface area contributed by atoms with Gasteiger partial charge in [0.25, 0.3) is 5.56 Å². The molecule has 0 radical (unpaired) electrons. The molecule has 3 heterocycles. The Bertz CT molecular complexity index is 845. The van der Waals surface area contributed by atoms with Crippen LogP contribution >= 0.6 is 0 Å². The first kappa shape index (κ1) is 14.1. The molecule has 3 aliphatic rings. The number of H-pyrrole nitrogens is 1. The van der Waals surface area contributed by atoms with Crippen LogP contribution in [-0.4, -0.2) is 24.7 Å². The molecule has 0 saturated heterocycles. The molecule has 6 heteroatoms. The Morgan fingerprint density at radius 2 is 1.96 bits per heavy atom. The van der Waals surface area contributed by atoms with Gasteiger partial charge in [0.05, 0.1) is 6.04 Å². The fraction of sp³-hybridized carbons (Fsp3) is 0.412. The van der Waals surface area contributed by atoms with Crippen molar-refractivity contribution in [2.45, 2.75) is 45.1 Å². The number of rotatable bonds is 3. The van der Waals surface area contributed by atoms with E-state index in [-0.39, 0.29) is 5.56 Å². The van der Waals surface area contributed by atoms with Crippen molar-refractivity contribution >= 4 is 0 Å². The van der Waals surface area contributed by atoms with Crippen LogP contribution in [0.25, 0.3) is 22.8 Å². The van der Waals surface area contributed by atoms with Crippen LogP contribution in [0.4, 0.5) is 0 Å². The number of aryl methyl sites for hydroxylation is 1. The molecule has 1 aliphatic carbocycles. The zero-order valence-electron chi connectivity index (χ0n) is 13.1. The van der Waals surface area contributed by atoms with Crippen LogP contribution in [0.3, 0.4) is 0 Å². The summed E-state index contributed by atoms with van der Waals surface area (Å²) in [5.74, 6) is 1.21. The molecule has 1 aromatic rings. The van der Waals surface area contributed by atoms with Gasteiger partial charge in [0.2, 0.25) is 0 Å². The molecule has 0 atom stereocenters. The van der Waals surface area contributed by atoms with Gasteiger partial charge in [-0.1, -0.05) is 19.8 Å². The van der Waals surface area contributed by atoms with Gasteiger partial charge in [-0.15, -0.1) is 0 Å². The smallest absolute Gasteiger partial charge is 0.284 e. The summed E-state index contributed by atoms with van der Waals surface area (Å²) >= 11 is 0. The summed E-state index contributed by atoms with van der Waals surface area (Å²) in [6.45, 7) is 2.04. The van der Waals surface area contributed by atoms with Crippen molar-refractivity contribution in [3.05, 3.63) is 40.6 Å². The summed E-state index contributed by atoms with van der Waals surface area (Å²) in [7, 11) is 0. The van der Waals surface area contributed by atoms with Crippen molar-refractivity contribution < 1.29 is 0 Å². The van der Waals surface area contributed by atoms with E-state index in [1.54, 1.807) is 12.4 Å². The van der Waals surface area contributed by atoms with Crippen molar-refractivity contribution in [1.29, 1.82) is 0 Å². The summed E-state index contributed by atoms with van der Waals surface area (Å²) < 4.78 is 2.09. The van der Waals surface area contributed by atoms with Crippen molar-refractivity contribution in [2.24, 2.45) is 0 Å². The van der Waals surface area contributed by atoms with Crippen LogP contribution in [-0.2, 0) is 6.42 Å². The highest BCUT2D eigenvalue weighted by atomic mass is 16.1. The van der Waals surface area contributed by atoms with E-state index in [9.17, 15) is 4.79 Å². The summed E-state index contributed by atoms with van der Waals surface area (Å²) in [5, 5.41) is 3.40. The van der Waals surface area contributed by atoms with Gasteiger partial charge in [-0.05, 0) is 31.4 Å². The van der Waals surface area contributed by atoms with Gasteiger partial charge >= 0.3 is 0 Å². The first-order valence-corrected chi connectivity index (χ1v) is 8.19. The first-order valence-electron chi connectivity index (χ1n) is 8.19. The van der Waals surface area contributed by atoms with Gasteiger partial charge in [-0.25, -0.2) is 4.98 Å². The fourth-order valence-corrected chi connectivity index (χ4v) is 3.43. The first-order chi connectivity index (χ1) is 11.3. The van der Waals surface area contributed by atoms with E-state index in [1.165, 1.54) is 12.8 Å². The lowest BCUT2D eigenvalue weighted by Crippen LogP contribution is -2.17. The minimum Gasteiger partial charge on any atom is -0.300 e. The lowest BCUT2D eigenvalue weighted by atomic mass is 10.1. The summed E-state index contributed by atoms with van der Waals surface area (Å²) in [6.07, 6.45) is 8.86. The third-order valence-corrected chi connectivity index (χ3v) is 4.62. The number of pyridine rings is 1. The minimum atomic E-state index is -0.202. The number of nitrogens with zero attached hydrogens (tertiary/aromatic N) is 4. The number of aromatic amines is 1. The van der Waals surface area contributed by atoms with Crippen molar-refractivity contribution in [3.63, 3.8) is 0 Å². The molecule has 23 heavy (non-hydrogen) atoms. The lowest BCUT2D eigenvalue weighted by molar-refractivity contribution is 0.464. The standard InChI is InChI=1S/C17H19N5O/c1-2-13-14-16(22(21-13)12-5-3-4-6-12)19-15(20-17(14)23)11-7-9-18-10-8-11/h7-10,12,21H,2-6H2,1H3. The van der Waals surface area contributed by atoms with Gasteiger partial charge in [0.15, 0.2) is 11.6 Å². The molecule has 1 aromatic heterocycles. The SMILES string of the molecule is CCc1[nH]n(C2CCCC2)c2nc(-c3ccncc3)nc(=O)c1-2. The van der Waals surface area contributed by atoms with Gasteiger partial charge in [-0.3, -0.25) is 19.6 Å². The molecule has 0 amide bonds. The van der Waals surface area contributed by atoms with Gasteiger partial charge < -0.3 is 0 Å². The quantitative estimate of drug-likeness (QED) is 0.807. The Morgan fingerprint density at radius 3 is 2.65 bits per heavy atom. The van der Waals surface area contributed by atoms with Crippen LogP contribution in [0.1, 0.15) is 44.3 Å². The Balaban J connectivity index is 1.93. The van der Waals surface area contributed by atoms with Crippen molar-refractivity contribution in [2.75, 3.05) is 0 Å². The largest absolute Gasteiger partial charge is 0.300 e. The lowest BCUT2D eigenvalue weighted by Gasteiger charge is -2.13.